The van der Waals surface area contributed by atoms with Crippen molar-refractivity contribution in [2.45, 2.75) is 96.9 Å². The van der Waals surface area contributed by atoms with Gasteiger partial charge in [-0.2, -0.15) is 5.10 Å². The second-order valence-electron chi connectivity index (χ2n) is 11.1. The summed E-state index contributed by atoms with van der Waals surface area (Å²) in [5.41, 5.74) is 1.77. The number of aromatic nitrogens is 4. The van der Waals surface area contributed by atoms with Crippen LogP contribution in [0.1, 0.15) is 74.4 Å². The highest BCUT2D eigenvalue weighted by atomic mass is 32.2. The Morgan fingerprint density at radius 3 is 2.36 bits per heavy atom. The van der Waals surface area contributed by atoms with Crippen LogP contribution in [0, 0.1) is 0 Å². The number of benzene rings is 1. The molecule has 2 amide bonds. The molecule has 0 saturated heterocycles. The van der Waals surface area contributed by atoms with E-state index < -0.39 is 20.5 Å². The second kappa shape index (κ2) is 11.5. The summed E-state index contributed by atoms with van der Waals surface area (Å²) in [6.07, 6.45) is 1.52. The summed E-state index contributed by atoms with van der Waals surface area (Å²) >= 11 is 0. The highest BCUT2D eigenvalue weighted by Gasteiger charge is 2.33. The summed E-state index contributed by atoms with van der Waals surface area (Å²) in [4.78, 5) is 36.1. The first-order valence-electron chi connectivity index (χ1n) is 13.5. The van der Waals surface area contributed by atoms with E-state index >= 15 is 0 Å². The van der Waals surface area contributed by atoms with Crippen molar-refractivity contribution in [2.24, 2.45) is 11.4 Å². The number of aryl methyl sites for hydroxylation is 2. The molecular weight excluding hydrogens is 516 g/mol. The van der Waals surface area contributed by atoms with E-state index in [4.69, 9.17) is 9.72 Å². The predicted octanol–water partition coefficient (Wildman–Crippen LogP) is 5.54. The third-order valence-electron chi connectivity index (χ3n) is 6.45. The minimum Gasteiger partial charge on any atom is -0.493 e. The maximum absolute atomic E-state index is 14.7. The lowest BCUT2D eigenvalue weighted by Gasteiger charge is -2.31. The number of rotatable bonds is 8. The summed E-state index contributed by atoms with van der Waals surface area (Å²) < 4.78 is 25.6. The van der Waals surface area contributed by atoms with Gasteiger partial charge in [0.05, 0.1) is 32.3 Å². The number of amides is 2. The van der Waals surface area contributed by atoms with Crippen LogP contribution in [0.2, 0.25) is 0 Å². The minimum absolute atomic E-state index is 0.112. The van der Waals surface area contributed by atoms with Gasteiger partial charge in [0.2, 0.25) is 0 Å². The molecule has 0 aliphatic carbocycles. The Balaban J connectivity index is 2.33. The standard InChI is InChI=1S/C28H42N6O4S/c1-11-13-21-23-24(33(10)31-21)26(35)30-25(29-23)20-16-19(14-15-22(20)38-12-2)39(37,28(7,8)9)32-27(36)34(17(3)4)18(5)6/h14-18H,11-13H2,1-10H3,(H,29,30,35)/t39-/m0/s1. The fraction of sp³-hybridized carbons (Fsp3) is 0.571. The number of hydrogen-bond donors (Lipinski definition) is 1. The molecule has 0 spiro atoms. The van der Waals surface area contributed by atoms with Crippen LogP contribution in [-0.4, -0.2) is 58.3 Å². The Morgan fingerprint density at radius 2 is 1.82 bits per heavy atom. The van der Waals surface area contributed by atoms with Crippen LogP contribution in [0.5, 0.6) is 5.75 Å². The molecule has 214 valence electrons. The molecule has 39 heavy (non-hydrogen) atoms. The molecule has 0 fully saturated rings. The van der Waals surface area contributed by atoms with Gasteiger partial charge in [0.15, 0.2) is 5.52 Å². The predicted molar refractivity (Wildman–Crippen MR) is 156 cm³/mol. The van der Waals surface area contributed by atoms with Crippen molar-refractivity contribution in [1.29, 1.82) is 0 Å². The number of nitrogens with one attached hydrogen (secondary N) is 1. The molecule has 1 aromatic carbocycles. The molecule has 2 aromatic heterocycles. The van der Waals surface area contributed by atoms with Gasteiger partial charge >= 0.3 is 6.03 Å². The van der Waals surface area contributed by atoms with E-state index in [0.717, 1.165) is 12.1 Å². The average molecular weight is 559 g/mol. The van der Waals surface area contributed by atoms with Gasteiger partial charge in [0, 0.05) is 24.0 Å². The molecule has 0 bridgehead atoms. The van der Waals surface area contributed by atoms with Crippen LogP contribution in [0.4, 0.5) is 4.79 Å². The first kappa shape index (κ1) is 30.3. The molecule has 11 heteroatoms. The second-order valence-corrected chi connectivity index (χ2v) is 14.1. The van der Waals surface area contributed by atoms with Gasteiger partial charge in [0.25, 0.3) is 5.56 Å². The lowest BCUT2D eigenvalue weighted by molar-refractivity contribution is 0.175. The molecule has 0 unspecified atom stereocenters. The largest absolute Gasteiger partial charge is 0.493 e. The maximum Gasteiger partial charge on any atom is 0.352 e. The van der Waals surface area contributed by atoms with Crippen molar-refractivity contribution in [1.82, 2.24) is 24.6 Å². The maximum atomic E-state index is 14.7. The first-order chi connectivity index (χ1) is 18.2. The number of H-pyrrole nitrogens is 1. The van der Waals surface area contributed by atoms with Crippen LogP contribution in [0.25, 0.3) is 22.4 Å². The molecule has 0 saturated carbocycles. The van der Waals surface area contributed by atoms with Crippen LogP contribution in [0.3, 0.4) is 0 Å². The minimum atomic E-state index is -3.28. The van der Waals surface area contributed by atoms with Crippen LogP contribution >= 0.6 is 0 Å². The summed E-state index contributed by atoms with van der Waals surface area (Å²) in [7, 11) is -1.56. The van der Waals surface area contributed by atoms with Gasteiger partial charge in [-0.3, -0.25) is 9.48 Å². The normalized spacial score (nSPS) is 13.6. The van der Waals surface area contributed by atoms with Crippen LogP contribution < -0.4 is 10.3 Å². The quantitative estimate of drug-likeness (QED) is 0.387. The average Bonchev–Trinajstić information content (AvgIpc) is 3.13. The summed E-state index contributed by atoms with van der Waals surface area (Å²) in [6, 6.07) is 4.30. The number of fused-ring (bicyclic) bond motifs is 1. The fourth-order valence-corrected chi connectivity index (χ4v) is 6.60. The number of aromatic amines is 1. The van der Waals surface area contributed by atoms with E-state index in [2.05, 4.69) is 14.4 Å². The molecular formula is C28H42N6O4S. The SMILES string of the molecule is CCCc1nn(C)c2c(=O)[nH]c(-c3cc([S@@](=O)(=NC(=O)N(C(C)C)C(C)C)C(C)(C)C)ccc3OCC)nc12. The summed E-state index contributed by atoms with van der Waals surface area (Å²) in [5, 5.41) is 4.50. The lowest BCUT2D eigenvalue weighted by atomic mass is 10.1. The monoisotopic (exact) mass is 558 g/mol. The first-order valence-corrected chi connectivity index (χ1v) is 15.0. The van der Waals surface area contributed by atoms with Crippen molar-refractivity contribution in [3.8, 4) is 17.1 Å². The number of nitrogens with zero attached hydrogens (tertiary/aromatic N) is 5. The highest BCUT2D eigenvalue weighted by Crippen LogP contribution is 2.36. The Morgan fingerprint density at radius 1 is 1.18 bits per heavy atom. The number of hydrogen-bond acceptors (Lipinski definition) is 6. The molecule has 0 radical (unpaired) electrons. The molecule has 10 nitrogen and oxygen atoms in total. The van der Waals surface area contributed by atoms with E-state index in [1.54, 1.807) is 55.6 Å². The van der Waals surface area contributed by atoms with Gasteiger partial charge in [-0.25, -0.2) is 14.0 Å². The van der Waals surface area contributed by atoms with Gasteiger partial charge < -0.3 is 14.6 Å². The molecule has 3 aromatic rings. The molecule has 1 N–H and O–H groups in total. The third kappa shape index (κ3) is 5.88. The van der Waals surface area contributed by atoms with E-state index in [1.807, 2.05) is 41.5 Å². The molecule has 0 aliphatic heterocycles. The van der Waals surface area contributed by atoms with Crippen LogP contribution in [0.15, 0.2) is 32.3 Å². The zero-order valence-electron chi connectivity index (χ0n) is 24.8. The molecule has 0 aliphatic rings. The molecule has 3 rings (SSSR count). The van der Waals surface area contributed by atoms with Crippen molar-refractivity contribution in [3.63, 3.8) is 0 Å². The Hall–Kier alpha value is -3.21. The number of ether oxygens (including phenoxy) is 1. The zero-order valence-corrected chi connectivity index (χ0v) is 25.6. The Kier molecular flexibility index (Phi) is 8.94. The number of carbonyl (C=O) groups is 1. The Labute approximate surface area is 231 Å². The van der Waals surface area contributed by atoms with Crippen molar-refractivity contribution < 1.29 is 13.7 Å². The molecule has 1 atom stereocenters. The van der Waals surface area contributed by atoms with Gasteiger partial charge in [-0.1, -0.05) is 13.3 Å². The third-order valence-corrected chi connectivity index (χ3v) is 9.41. The zero-order chi connectivity index (χ0) is 29.3. The molecule has 2 heterocycles. The van der Waals surface area contributed by atoms with E-state index in [1.165, 1.54) is 0 Å². The fourth-order valence-electron chi connectivity index (χ4n) is 4.67. The summed E-state index contributed by atoms with van der Waals surface area (Å²) in [6.45, 7) is 17.3. The smallest absolute Gasteiger partial charge is 0.352 e. The number of urea groups is 1. The van der Waals surface area contributed by atoms with Crippen LogP contribution in [-0.2, 0) is 23.2 Å². The summed E-state index contributed by atoms with van der Waals surface area (Å²) in [5.74, 6) is 0.744. The van der Waals surface area contributed by atoms with E-state index in [0.29, 0.717) is 40.3 Å². The number of carbonyl (C=O) groups excluding carboxylic acids is 1. The highest BCUT2D eigenvalue weighted by molar-refractivity contribution is 7.95. The van der Waals surface area contributed by atoms with E-state index in [9.17, 15) is 13.8 Å². The van der Waals surface area contributed by atoms with Gasteiger partial charge in [0.1, 0.15) is 17.1 Å². The van der Waals surface area contributed by atoms with Crippen molar-refractivity contribution >= 4 is 26.8 Å². The Bertz CT molecular complexity index is 1530. The van der Waals surface area contributed by atoms with Crippen molar-refractivity contribution in [2.75, 3.05) is 6.61 Å². The van der Waals surface area contributed by atoms with Crippen molar-refractivity contribution in [3.05, 3.63) is 34.2 Å². The lowest BCUT2D eigenvalue weighted by Crippen LogP contribution is -2.41. The van der Waals surface area contributed by atoms with Gasteiger partial charge in [-0.05, 0) is 80.0 Å². The van der Waals surface area contributed by atoms with E-state index in [-0.39, 0.29) is 23.5 Å². The van der Waals surface area contributed by atoms with Gasteiger partial charge in [-0.15, -0.1) is 4.36 Å². The topological polar surface area (TPSA) is 123 Å².